The molecular weight excluding hydrogens is 450 g/mol. The van der Waals surface area contributed by atoms with Crippen LogP contribution in [0.2, 0.25) is 0 Å². The minimum atomic E-state index is -4.60. The third-order valence-electron chi connectivity index (χ3n) is 6.55. The van der Waals surface area contributed by atoms with Gasteiger partial charge in [0.2, 0.25) is 0 Å². The third-order valence-corrected chi connectivity index (χ3v) is 6.55. The lowest BCUT2D eigenvalue weighted by Gasteiger charge is -2.35. The van der Waals surface area contributed by atoms with Crippen molar-refractivity contribution < 1.29 is 26.3 Å². The molecule has 1 aliphatic rings. The van der Waals surface area contributed by atoms with Gasteiger partial charge in [-0.15, -0.1) is 0 Å². The first-order chi connectivity index (χ1) is 16.0. The highest BCUT2D eigenvalue weighted by molar-refractivity contribution is 5.86. The molecule has 4 aromatic rings. The number of fused-ring (bicyclic) bond motifs is 3. The Balaban J connectivity index is 1.94. The van der Waals surface area contributed by atoms with Gasteiger partial charge in [0.25, 0.3) is 0 Å². The number of hydrogen-bond acceptors (Lipinski definition) is 0. The molecule has 0 amide bonds. The van der Waals surface area contributed by atoms with E-state index >= 15 is 0 Å². The predicted molar refractivity (Wildman–Crippen MR) is 118 cm³/mol. The molecule has 1 aliphatic carbocycles. The van der Waals surface area contributed by atoms with Crippen molar-refractivity contribution in [1.82, 2.24) is 0 Å². The van der Waals surface area contributed by atoms with Crippen molar-refractivity contribution in [3.8, 4) is 11.1 Å². The monoisotopic (exact) mass is 468 g/mol. The summed E-state index contributed by atoms with van der Waals surface area (Å²) in [6.07, 6.45) is -9.20. The smallest absolute Gasteiger partial charge is 0.166 e. The Morgan fingerprint density at radius 3 is 1.68 bits per heavy atom. The molecule has 0 spiro atoms. The molecule has 0 aliphatic heterocycles. The highest BCUT2D eigenvalue weighted by atomic mass is 19.4. The van der Waals surface area contributed by atoms with Crippen molar-refractivity contribution in [3.05, 3.63) is 130 Å². The molecule has 0 nitrogen and oxygen atoms in total. The molecule has 0 bridgehead atoms. The lowest BCUT2D eigenvalue weighted by Crippen LogP contribution is -2.29. The minimum Gasteiger partial charge on any atom is -0.166 e. The van der Waals surface area contributed by atoms with Gasteiger partial charge in [0.05, 0.1) is 16.5 Å². The summed E-state index contributed by atoms with van der Waals surface area (Å²) in [5.41, 5.74) is 0.429. The lowest BCUT2D eigenvalue weighted by atomic mass is 9.67. The second-order valence-corrected chi connectivity index (χ2v) is 8.45. The SMILES string of the molecule is Cc1ccc(C2(c3cccc(C(F)(F)F)c3)c3ccccc3-c3ccccc32)cc1C(F)(F)F. The summed E-state index contributed by atoms with van der Waals surface area (Å²) in [6.45, 7) is 1.38. The molecule has 0 N–H and O–H groups in total. The van der Waals surface area contributed by atoms with Gasteiger partial charge < -0.3 is 0 Å². The zero-order chi connectivity index (χ0) is 24.3. The Bertz CT molecular complexity index is 1350. The summed E-state index contributed by atoms with van der Waals surface area (Å²) in [7, 11) is 0. The summed E-state index contributed by atoms with van der Waals surface area (Å²) in [5.74, 6) is 0. The highest BCUT2D eigenvalue weighted by Crippen LogP contribution is 2.56. The largest absolute Gasteiger partial charge is 0.416 e. The van der Waals surface area contributed by atoms with Crippen LogP contribution in [0.4, 0.5) is 26.3 Å². The first-order valence-electron chi connectivity index (χ1n) is 10.6. The molecule has 0 aromatic heterocycles. The molecule has 34 heavy (non-hydrogen) atoms. The Hall–Kier alpha value is -3.54. The molecule has 0 saturated carbocycles. The first kappa shape index (κ1) is 22.3. The van der Waals surface area contributed by atoms with Crippen LogP contribution < -0.4 is 0 Å². The Labute approximate surface area is 192 Å². The average molecular weight is 468 g/mol. The number of alkyl halides is 6. The quantitative estimate of drug-likeness (QED) is 0.228. The fourth-order valence-corrected chi connectivity index (χ4v) is 5.11. The van der Waals surface area contributed by atoms with Crippen LogP contribution >= 0.6 is 0 Å². The van der Waals surface area contributed by atoms with Gasteiger partial charge in [-0.2, -0.15) is 26.3 Å². The van der Waals surface area contributed by atoms with Crippen LogP contribution in [-0.2, 0) is 17.8 Å². The summed E-state index contributed by atoms with van der Waals surface area (Å²) in [4.78, 5) is 0. The molecule has 0 atom stereocenters. The maximum atomic E-state index is 13.9. The molecule has 0 radical (unpaired) electrons. The van der Waals surface area contributed by atoms with Crippen LogP contribution in [0, 0.1) is 6.92 Å². The summed E-state index contributed by atoms with van der Waals surface area (Å²) in [6, 6.07) is 23.3. The van der Waals surface area contributed by atoms with Gasteiger partial charge >= 0.3 is 12.4 Å². The Morgan fingerprint density at radius 1 is 0.559 bits per heavy atom. The summed E-state index contributed by atoms with van der Waals surface area (Å²) >= 11 is 0. The average Bonchev–Trinajstić information content (AvgIpc) is 3.10. The fraction of sp³-hybridized carbons (Fsp3) is 0.143. The molecule has 0 fully saturated rings. The summed E-state index contributed by atoms with van der Waals surface area (Å²) in [5, 5.41) is 0. The van der Waals surface area contributed by atoms with E-state index in [1.54, 1.807) is 36.4 Å². The lowest BCUT2D eigenvalue weighted by molar-refractivity contribution is -0.138. The zero-order valence-electron chi connectivity index (χ0n) is 17.9. The van der Waals surface area contributed by atoms with Crippen molar-refractivity contribution >= 4 is 0 Å². The molecule has 5 rings (SSSR count). The number of aryl methyl sites for hydroxylation is 1. The predicted octanol–water partition coefficient (Wildman–Crippen LogP) is 8.40. The van der Waals surface area contributed by atoms with Crippen LogP contribution in [0.5, 0.6) is 0 Å². The van der Waals surface area contributed by atoms with E-state index in [9.17, 15) is 26.3 Å². The standard InChI is InChI=1S/C28H18F6/c1-17-13-14-19(16-25(17)28(32,33)34)26(18-7-6-8-20(15-18)27(29,30)31)23-11-4-2-9-21(23)22-10-3-5-12-24(22)26/h2-16H,1H3. The third kappa shape index (κ3) is 3.23. The van der Waals surface area contributed by atoms with E-state index in [2.05, 4.69) is 0 Å². The van der Waals surface area contributed by atoms with Crippen LogP contribution in [-0.4, -0.2) is 0 Å². The van der Waals surface area contributed by atoms with Crippen molar-refractivity contribution in [2.45, 2.75) is 24.7 Å². The van der Waals surface area contributed by atoms with Gasteiger partial charge in [-0.3, -0.25) is 0 Å². The second-order valence-electron chi connectivity index (χ2n) is 8.45. The van der Waals surface area contributed by atoms with Crippen molar-refractivity contribution in [1.29, 1.82) is 0 Å². The zero-order valence-corrected chi connectivity index (χ0v) is 17.9. The molecule has 172 valence electrons. The van der Waals surface area contributed by atoms with Gasteiger partial charge in [-0.25, -0.2) is 0 Å². The number of halogens is 6. The van der Waals surface area contributed by atoms with E-state index in [1.165, 1.54) is 19.1 Å². The van der Waals surface area contributed by atoms with Gasteiger partial charge in [0, 0.05) is 0 Å². The van der Waals surface area contributed by atoms with Gasteiger partial charge in [0.15, 0.2) is 0 Å². The Morgan fingerprint density at radius 2 is 1.12 bits per heavy atom. The van der Waals surface area contributed by atoms with Crippen molar-refractivity contribution in [2.24, 2.45) is 0 Å². The highest BCUT2D eigenvalue weighted by Gasteiger charge is 2.47. The van der Waals surface area contributed by atoms with Crippen LogP contribution in [0.3, 0.4) is 0 Å². The minimum absolute atomic E-state index is 0.0509. The normalized spacial score (nSPS) is 14.6. The van der Waals surface area contributed by atoms with Crippen molar-refractivity contribution in [2.75, 3.05) is 0 Å². The van der Waals surface area contributed by atoms with Crippen LogP contribution in [0.15, 0.2) is 91.0 Å². The maximum Gasteiger partial charge on any atom is 0.416 e. The van der Waals surface area contributed by atoms with Crippen molar-refractivity contribution in [3.63, 3.8) is 0 Å². The fourth-order valence-electron chi connectivity index (χ4n) is 5.11. The molecular formula is C28H18F6. The van der Waals surface area contributed by atoms with E-state index in [-0.39, 0.29) is 16.7 Å². The van der Waals surface area contributed by atoms with Crippen LogP contribution in [0.1, 0.15) is 38.9 Å². The molecule has 0 unspecified atom stereocenters. The molecule has 0 saturated heterocycles. The van der Waals surface area contributed by atoms with E-state index in [1.807, 2.05) is 24.3 Å². The van der Waals surface area contributed by atoms with E-state index in [0.29, 0.717) is 11.1 Å². The summed E-state index contributed by atoms with van der Waals surface area (Å²) < 4.78 is 82.8. The molecule has 4 aromatic carbocycles. The first-order valence-corrected chi connectivity index (χ1v) is 10.6. The Kier molecular flexibility index (Phi) is 4.90. The molecule has 6 heteroatoms. The van der Waals surface area contributed by atoms with Crippen LogP contribution in [0.25, 0.3) is 11.1 Å². The van der Waals surface area contributed by atoms with Gasteiger partial charge in [-0.05, 0) is 58.0 Å². The maximum absolute atomic E-state index is 13.9. The number of rotatable bonds is 2. The van der Waals surface area contributed by atoms with E-state index in [4.69, 9.17) is 0 Å². The number of benzene rings is 4. The van der Waals surface area contributed by atoms with Gasteiger partial charge in [-0.1, -0.05) is 78.9 Å². The second kappa shape index (κ2) is 7.49. The topological polar surface area (TPSA) is 0 Å². The van der Waals surface area contributed by atoms with E-state index < -0.39 is 28.9 Å². The van der Waals surface area contributed by atoms with E-state index in [0.717, 1.165) is 29.3 Å². The van der Waals surface area contributed by atoms with Gasteiger partial charge in [0.1, 0.15) is 0 Å². The number of hydrogen-bond donors (Lipinski definition) is 0. The molecule has 0 heterocycles.